The molecule has 0 atom stereocenters. The first-order chi connectivity index (χ1) is 13.2. The molecule has 1 aliphatic heterocycles. The Labute approximate surface area is 161 Å². The SMILES string of the molecule is C=CCOc1ccc(C(=O)NCc2ccc(N3CCN(C)CC3)cc2)cc1. The highest BCUT2D eigenvalue weighted by Crippen LogP contribution is 2.17. The van der Waals surface area contributed by atoms with Gasteiger partial charge in [-0.1, -0.05) is 24.8 Å². The third kappa shape index (κ3) is 5.34. The van der Waals surface area contributed by atoms with E-state index in [2.05, 4.69) is 53.0 Å². The van der Waals surface area contributed by atoms with Gasteiger partial charge in [-0.3, -0.25) is 4.79 Å². The molecule has 0 spiro atoms. The van der Waals surface area contributed by atoms with Crippen LogP contribution in [0, 0.1) is 0 Å². The number of likely N-dealkylation sites (N-methyl/N-ethyl adjacent to an activating group) is 1. The van der Waals surface area contributed by atoms with Crippen LogP contribution in [0.3, 0.4) is 0 Å². The second-order valence-electron chi connectivity index (χ2n) is 6.76. The maximum absolute atomic E-state index is 12.3. The number of piperazine rings is 1. The lowest BCUT2D eigenvalue weighted by Crippen LogP contribution is -2.44. The number of hydrogen-bond donors (Lipinski definition) is 1. The summed E-state index contributed by atoms with van der Waals surface area (Å²) < 4.78 is 5.43. The topological polar surface area (TPSA) is 44.8 Å². The van der Waals surface area contributed by atoms with Crippen LogP contribution >= 0.6 is 0 Å². The highest BCUT2D eigenvalue weighted by atomic mass is 16.5. The van der Waals surface area contributed by atoms with Gasteiger partial charge in [0.05, 0.1) is 0 Å². The lowest BCUT2D eigenvalue weighted by molar-refractivity contribution is 0.0951. The number of nitrogens with zero attached hydrogens (tertiary/aromatic N) is 2. The molecule has 1 aliphatic rings. The predicted octanol–water partition coefficient (Wildman–Crippen LogP) is 2.93. The summed E-state index contributed by atoms with van der Waals surface area (Å²) in [6, 6.07) is 15.6. The summed E-state index contributed by atoms with van der Waals surface area (Å²) in [6.07, 6.45) is 1.69. The van der Waals surface area contributed by atoms with Crippen LogP contribution in [0.4, 0.5) is 5.69 Å². The van der Waals surface area contributed by atoms with Crippen molar-refractivity contribution in [2.45, 2.75) is 6.54 Å². The molecule has 1 N–H and O–H groups in total. The second-order valence-corrected chi connectivity index (χ2v) is 6.76. The number of nitrogens with one attached hydrogen (secondary N) is 1. The fraction of sp³-hybridized carbons (Fsp3) is 0.318. The second kappa shape index (κ2) is 9.24. The van der Waals surface area contributed by atoms with Gasteiger partial charge >= 0.3 is 0 Å². The third-order valence-corrected chi connectivity index (χ3v) is 4.74. The predicted molar refractivity (Wildman–Crippen MR) is 109 cm³/mol. The fourth-order valence-electron chi connectivity index (χ4n) is 3.03. The molecule has 27 heavy (non-hydrogen) atoms. The maximum atomic E-state index is 12.3. The molecule has 1 saturated heterocycles. The minimum absolute atomic E-state index is 0.0894. The van der Waals surface area contributed by atoms with Crippen molar-refractivity contribution in [1.82, 2.24) is 10.2 Å². The van der Waals surface area contributed by atoms with Gasteiger partial charge < -0.3 is 19.9 Å². The molecular formula is C22H27N3O2. The van der Waals surface area contributed by atoms with Crippen LogP contribution in [-0.4, -0.2) is 50.6 Å². The first-order valence-corrected chi connectivity index (χ1v) is 9.30. The Morgan fingerprint density at radius 1 is 1.07 bits per heavy atom. The van der Waals surface area contributed by atoms with Gasteiger partial charge in [0.25, 0.3) is 5.91 Å². The summed E-state index contributed by atoms with van der Waals surface area (Å²) in [6.45, 7) is 8.87. The maximum Gasteiger partial charge on any atom is 0.251 e. The number of benzene rings is 2. The van der Waals surface area contributed by atoms with Crippen LogP contribution in [0.5, 0.6) is 5.75 Å². The van der Waals surface area contributed by atoms with Crippen LogP contribution in [0.2, 0.25) is 0 Å². The van der Waals surface area contributed by atoms with Gasteiger partial charge in [-0.2, -0.15) is 0 Å². The van der Waals surface area contributed by atoms with Crippen molar-refractivity contribution < 1.29 is 9.53 Å². The van der Waals surface area contributed by atoms with Gasteiger partial charge in [-0.25, -0.2) is 0 Å². The van der Waals surface area contributed by atoms with E-state index in [9.17, 15) is 4.79 Å². The molecule has 0 radical (unpaired) electrons. The normalized spacial score (nSPS) is 14.6. The number of amides is 1. The molecule has 0 bridgehead atoms. The van der Waals surface area contributed by atoms with Crippen LogP contribution in [0.15, 0.2) is 61.2 Å². The van der Waals surface area contributed by atoms with E-state index in [1.165, 1.54) is 5.69 Å². The standard InChI is InChI=1S/C22H27N3O2/c1-3-16-27-21-10-6-19(7-11-21)22(26)23-17-18-4-8-20(9-5-18)25-14-12-24(2)13-15-25/h3-11H,1,12-17H2,2H3,(H,23,26). The summed E-state index contributed by atoms with van der Waals surface area (Å²) in [4.78, 5) is 17.1. The van der Waals surface area contributed by atoms with Crippen molar-refractivity contribution in [2.75, 3.05) is 44.7 Å². The quantitative estimate of drug-likeness (QED) is 0.767. The molecule has 5 nitrogen and oxygen atoms in total. The Morgan fingerprint density at radius 3 is 2.37 bits per heavy atom. The summed E-state index contributed by atoms with van der Waals surface area (Å²) in [5.74, 6) is 0.638. The zero-order valence-electron chi connectivity index (χ0n) is 15.9. The Bertz CT molecular complexity index is 748. The molecule has 0 aromatic heterocycles. The van der Waals surface area contributed by atoms with Gasteiger partial charge in [0.15, 0.2) is 0 Å². The first kappa shape index (κ1) is 19.0. The van der Waals surface area contributed by atoms with Crippen molar-refractivity contribution in [2.24, 2.45) is 0 Å². The van der Waals surface area contributed by atoms with E-state index in [0.717, 1.165) is 37.5 Å². The highest BCUT2D eigenvalue weighted by Gasteiger charge is 2.14. The van der Waals surface area contributed by atoms with Gasteiger partial charge in [0, 0.05) is 44.0 Å². The van der Waals surface area contributed by atoms with Crippen molar-refractivity contribution in [3.63, 3.8) is 0 Å². The smallest absolute Gasteiger partial charge is 0.251 e. The third-order valence-electron chi connectivity index (χ3n) is 4.74. The fourth-order valence-corrected chi connectivity index (χ4v) is 3.03. The average Bonchev–Trinajstić information content (AvgIpc) is 2.72. The summed E-state index contributed by atoms with van der Waals surface area (Å²) in [5.41, 5.74) is 2.95. The van der Waals surface area contributed by atoms with E-state index in [0.29, 0.717) is 18.7 Å². The van der Waals surface area contributed by atoms with Gasteiger partial charge in [-0.05, 0) is 49.0 Å². The Morgan fingerprint density at radius 2 is 1.74 bits per heavy atom. The zero-order valence-corrected chi connectivity index (χ0v) is 15.9. The minimum atomic E-state index is -0.0894. The lowest BCUT2D eigenvalue weighted by atomic mass is 10.1. The molecule has 2 aromatic carbocycles. The van der Waals surface area contributed by atoms with Crippen molar-refractivity contribution in [3.8, 4) is 5.75 Å². The molecule has 0 aliphatic carbocycles. The molecule has 1 amide bonds. The minimum Gasteiger partial charge on any atom is -0.490 e. The Balaban J connectivity index is 1.50. The first-order valence-electron chi connectivity index (χ1n) is 9.30. The van der Waals surface area contributed by atoms with E-state index < -0.39 is 0 Å². The molecule has 0 unspecified atom stereocenters. The number of hydrogen-bond acceptors (Lipinski definition) is 4. The van der Waals surface area contributed by atoms with E-state index in [-0.39, 0.29) is 5.91 Å². The molecule has 3 rings (SSSR count). The van der Waals surface area contributed by atoms with Gasteiger partial charge in [0.1, 0.15) is 12.4 Å². The van der Waals surface area contributed by atoms with E-state index in [1.54, 1.807) is 30.3 Å². The number of ether oxygens (including phenoxy) is 1. The van der Waals surface area contributed by atoms with Crippen LogP contribution < -0.4 is 15.0 Å². The van der Waals surface area contributed by atoms with Crippen molar-refractivity contribution >= 4 is 11.6 Å². The Hall–Kier alpha value is -2.79. The molecule has 1 heterocycles. The number of rotatable bonds is 7. The van der Waals surface area contributed by atoms with Crippen LogP contribution in [0.1, 0.15) is 15.9 Å². The summed E-state index contributed by atoms with van der Waals surface area (Å²) in [7, 11) is 2.16. The lowest BCUT2D eigenvalue weighted by Gasteiger charge is -2.34. The van der Waals surface area contributed by atoms with Crippen LogP contribution in [-0.2, 0) is 6.54 Å². The molecule has 0 saturated carbocycles. The monoisotopic (exact) mass is 365 g/mol. The molecule has 5 heteroatoms. The largest absolute Gasteiger partial charge is 0.490 e. The highest BCUT2D eigenvalue weighted by molar-refractivity contribution is 5.94. The molecule has 2 aromatic rings. The summed E-state index contributed by atoms with van der Waals surface area (Å²) in [5, 5.41) is 2.97. The van der Waals surface area contributed by atoms with Gasteiger partial charge in [0.2, 0.25) is 0 Å². The molecule has 142 valence electrons. The van der Waals surface area contributed by atoms with Crippen molar-refractivity contribution in [1.29, 1.82) is 0 Å². The Kier molecular flexibility index (Phi) is 6.49. The molecular weight excluding hydrogens is 338 g/mol. The van der Waals surface area contributed by atoms with Crippen molar-refractivity contribution in [3.05, 3.63) is 72.3 Å². The number of anilines is 1. The number of carbonyl (C=O) groups is 1. The average molecular weight is 365 g/mol. The van der Waals surface area contributed by atoms with Gasteiger partial charge in [-0.15, -0.1) is 0 Å². The van der Waals surface area contributed by atoms with E-state index >= 15 is 0 Å². The van der Waals surface area contributed by atoms with E-state index in [1.807, 2.05) is 0 Å². The summed E-state index contributed by atoms with van der Waals surface area (Å²) >= 11 is 0. The van der Waals surface area contributed by atoms with E-state index in [4.69, 9.17) is 4.74 Å². The number of carbonyl (C=O) groups excluding carboxylic acids is 1. The molecule has 1 fully saturated rings. The van der Waals surface area contributed by atoms with Crippen LogP contribution in [0.25, 0.3) is 0 Å². The zero-order chi connectivity index (χ0) is 19.1.